The van der Waals surface area contributed by atoms with Gasteiger partial charge in [0.15, 0.2) is 11.5 Å². The van der Waals surface area contributed by atoms with E-state index in [1.165, 1.54) is 13.0 Å². The number of aryl methyl sites for hydroxylation is 1. The minimum atomic E-state index is -0.658. The van der Waals surface area contributed by atoms with Crippen LogP contribution >= 0.6 is 0 Å². The van der Waals surface area contributed by atoms with Gasteiger partial charge in [-0.1, -0.05) is 19.9 Å². The van der Waals surface area contributed by atoms with E-state index in [2.05, 4.69) is 21.0 Å². The Bertz CT molecular complexity index is 1490. The van der Waals surface area contributed by atoms with Gasteiger partial charge in [-0.2, -0.15) is 5.10 Å². The fourth-order valence-corrected chi connectivity index (χ4v) is 5.37. The first-order valence-corrected chi connectivity index (χ1v) is 14.0. The van der Waals surface area contributed by atoms with E-state index >= 15 is 0 Å². The minimum absolute atomic E-state index is 0.109. The van der Waals surface area contributed by atoms with Crippen LogP contribution in [0.25, 0.3) is 11.1 Å². The van der Waals surface area contributed by atoms with Crippen molar-refractivity contribution in [2.75, 3.05) is 33.2 Å². The Balaban J connectivity index is 1.77. The molecule has 2 amide bonds. The number of benzene rings is 1. The SMILES string of the molecule is COc1cc2c(c(OC)c1OC)-c1ccc(N[C@@H](C(=O)NCCn3cccn3)C(C)C)c(=O)cc1[C@H](NC(C)=O)CC2. The van der Waals surface area contributed by atoms with Crippen LogP contribution in [-0.4, -0.2) is 55.5 Å². The predicted octanol–water partition coefficient (Wildman–Crippen LogP) is 3.31. The molecule has 1 aliphatic carbocycles. The normalized spacial score (nSPS) is 14.6. The molecule has 0 aliphatic heterocycles. The third-order valence-corrected chi connectivity index (χ3v) is 7.38. The zero-order valence-electron chi connectivity index (χ0n) is 24.9. The molecule has 0 saturated heterocycles. The summed E-state index contributed by atoms with van der Waals surface area (Å²) in [5.74, 6) is 0.899. The van der Waals surface area contributed by atoms with E-state index in [0.29, 0.717) is 54.3 Å². The number of nitrogens with one attached hydrogen (secondary N) is 3. The molecule has 42 heavy (non-hydrogen) atoms. The molecule has 1 aliphatic rings. The van der Waals surface area contributed by atoms with E-state index in [0.717, 1.165) is 11.1 Å². The highest BCUT2D eigenvalue weighted by atomic mass is 16.5. The largest absolute Gasteiger partial charge is 0.493 e. The molecule has 0 unspecified atom stereocenters. The zero-order valence-corrected chi connectivity index (χ0v) is 24.9. The van der Waals surface area contributed by atoms with Crippen LogP contribution in [-0.2, 0) is 22.6 Å². The smallest absolute Gasteiger partial charge is 0.242 e. The first kappa shape index (κ1) is 30.4. The van der Waals surface area contributed by atoms with Crippen LogP contribution in [0.5, 0.6) is 17.2 Å². The van der Waals surface area contributed by atoms with Crippen LogP contribution < -0.4 is 35.6 Å². The Morgan fingerprint density at radius 2 is 1.86 bits per heavy atom. The Hall–Kier alpha value is -4.54. The van der Waals surface area contributed by atoms with E-state index in [-0.39, 0.29) is 28.8 Å². The number of anilines is 1. The second-order valence-corrected chi connectivity index (χ2v) is 10.5. The second-order valence-electron chi connectivity index (χ2n) is 10.5. The molecule has 2 aromatic carbocycles. The number of carbonyl (C=O) groups excluding carboxylic acids is 2. The maximum atomic E-state index is 13.7. The van der Waals surface area contributed by atoms with Gasteiger partial charge >= 0.3 is 0 Å². The van der Waals surface area contributed by atoms with Crippen LogP contribution in [0.2, 0.25) is 0 Å². The fourth-order valence-electron chi connectivity index (χ4n) is 5.37. The lowest BCUT2D eigenvalue weighted by molar-refractivity contribution is -0.122. The molecule has 3 N–H and O–H groups in total. The lowest BCUT2D eigenvalue weighted by Gasteiger charge is -2.22. The maximum absolute atomic E-state index is 13.7. The van der Waals surface area contributed by atoms with Crippen LogP contribution in [0, 0.1) is 5.92 Å². The summed E-state index contributed by atoms with van der Waals surface area (Å²) in [6, 6.07) is 7.70. The third-order valence-electron chi connectivity index (χ3n) is 7.38. The van der Waals surface area contributed by atoms with E-state index in [9.17, 15) is 14.4 Å². The molecule has 0 saturated carbocycles. The standard InChI is InChI=1S/C31H39N5O6/c1-18(2)28(31(39)32-13-15-36-14-7-12-33-36)35-24-11-9-21-22(17-25(24)38)23(34-19(3)37)10-8-20-16-26(40-4)29(41-5)30(42-6)27(20)21/h7,9,11-12,14,16-18,23,28H,8,10,13,15H2,1-6H3,(H,32,39)(H,34,37)(H,35,38)/t23-,28-/m1/s1. The Morgan fingerprint density at radius 3 is 2.48 bits per heavy atom. The molecule has 1 heterocycles. The lowest BCUT2D eigenvalue weighted by atomic mass is 9.95. The van der Waals surface area contributed by atoms with Gasteiger partial charge in [0.25, 0.3) is 0 Å². The van der Waals surface area contributed by atoms with Crippen molar-refractivity contribution in [2.24, 2.45) is 5.92 Å². The van der Waals surface area contributed by atoms with Crippen molar-refractivity contribution in [3.63, 3.8) is 0 Å². The number of aromatic nitrogens is 2. The first-order valence-electron chi connectivity index (χ1n) is 14.0. The molecule has 224 valence electrons. The van der Waals surface area contributed by atoms with E-state index in [4.69, 9.17) is 14.2 Å². The molecule has 11 heteroatoms. The summed E-state index contributed by atoms with van der Waals surface area (Å²) in [5, 5.41) is 13.3. The molecule has 11 nitrogen and oxygen atoms in total. The van der Waals surface area contributed by atoms with E-state index in [1.807, 2.05) is 38.2 Å². The van der Waals surface area contributed by atoms with Gasteiger partial charge < -0.3 is 30.2 Å². The van der Waals surface area contributed by atoms with Crippen molar-refractivity contribution in [1.82, 2.24) is 20.4 Å². The monoisotopic (exact) mass is 577 g/mol. The van der Waals surface area contributed by atoms with Gasteiger partial charge in [-0.3, -0.25) is 19.1 Å². The van der Waals surface area contributed by atoms with Gasteiger partial charge in [-0.15, -0.1) is 0 Å². The molecule has 0 spiro atoms. The van der Waals surface area contributed by atoms with Crippen molar-refractivity contribution in [3.05, 3.63) is 64.1 Å². The molecule has 0 radical (unpaired) electrons. The van der Waals surface area contributed by atoms with Gasteiger partial charge in [-0.05, 0) is 59.7 Å². The van der Waals surface area contributed by atoms with Gasteiger partial charge in [0.1, 0.15) is 6.04 Å². The van der Waals surface area contributed by atoms with Gasteiger partial charge in [0.05, 0.1) is 39.6 Å². The Morgan fingerprint density at radius 1 is 1.10 bits per heavy atom. The Labute approximate surface area is 245 Å². The summed E-state index contributed by atoms with van der Waals surface area (Å²) in [7, 11) is 4.66. The number of ether oxygens (including phenoxy) is 3. The molecule has 2 atom stereocenters. The van der Waals surface area contributed by atoms with Gasteiger partial charge in [0, 0.05) is 31.4 Å². The molecule has 3 aromatic rings. The quantitative estimate of drug-likeness (QED) is 0.316. The number of rotatable bonds is 11. The van der Waals surface area contributed by atoms with Crippen molar-refractivity contribution in [2.45, 2.75) is 52.2 Å². The molecule has 4 rings (SSSR count). The van der Waals surface area contributed by atoms with Crippen molar-refractivity contribution in [3.8, 4) is 28.4 Å². The van der Waals surface area contributed by atoms with E-state index in [1.54, 1.807) is 38.3 Å². The number of hydrogen-bond acceptors (Lipinski definition) is 8. The van der Waals surface area contributed by atoms with Crippen LogP contribution in [0.3, 0.4) is 0 Å². The average molecular weight is 578 g/mol. The number of hydrogen-bond donors (Lipinski definition) is 3. The summed E-state index contributed by atoms with van der Waals surface area (Å²) in [5.41, 5.74) is 3.03. The highest BCUT2D eigenvalue weighted by Crippen LogP contribution is 2.50. The summed E-state index contributed by atoms with van der Waals surface area (Å²) in [6.45, 7) is 6.22. The van der Waals surface area contributed by atoms with Crippen LogP contribution in [0.4, 0.5) is 5.69 Å². The van der Waals surface area contributed by atoms with E-state index < -0.39 is 12.1 Å². The fraction of sp³-hybridized carbons (Fsp3) is 0.419. The number of carbonyl (C=O) groups is 2. The highest BCUT2D eigenvalue weighted by molar-refractivity contribution is 5.86. The molecule has 0 fully saturated rings. The molecular weight excluding hydrogens is 538 g/mol. The average Bonchev–Trinajstić information content (AvgIpc) is 3.37. The number of fused-ring (bicyclic) bond motifs is 3. The van der Waals surface area contributed by atoms with Crippen LogP contribution in [0.15, 0.2) is 47.5 Å². The highest BCUT2D eigenvalue weighted by Gasteiger charge is 2.30. The Kier molecular flexibility index (Phi) is 9.72. The van der Waals surface area contributed by atoms with Gasteiger partial charge in [-0.25, -0.2) is 0 Å². The summed E-state index contributed by atoms with van der Waals surface area (Å²) >= 11 is 0. The summed E-state index contributed by atoms with van der Waals surface area (Å²) in [4.78, 5) is 39.0. The minimum Gasteiger partial charge on any atom is -0.493 e. The van der Waals surface area contributed by atoms with Gasteiger partial charge in [0.2, 0.25) is 23.0 Å². The molecule has 1 aromatic heterocycles. The number of nitrogens with zero attached hydrogens (tertiary/aromatic N) is 2. The lowest BCUT2D eigenvalue weighted by Crippen LogP contribution is -2.44. The predicted molar refractivity (Wildman–Crippen MR) is 160 cm³/mol. The van der Waals surface area contributed by atoms with Crippen LogP contribution in [0.1, 0.15) is 44.4 Å². The molecular formula is C31H39N5O6. The van der Waals surface area contributed by atoms with Crippen molar-refractivity contribution < 1.29 is 23.8 Å². The maximum Gasteiger partial charge on any atom is 0.242 e. The summed E-state index contributed by atoms with van der Waals surface area (Å²) in [6.07, 6.45) is 4.67. The topological polar surface area (TPSA) is 133 Å². The number of methoxy groups -OCH3 is 3. The molecule has 0 bridgehead atoms. The second kappa shape index (κ2) is 13.4. The first-order chi connectivity index (χ1) is 20.2. The zero-order chi connectivity index (χ0) is 30.4. The summed E-state index contributed by atoms with van der Waals surface area (Å²) < 4.78 is 18.8. The third kappa shape index (κ3) is 6.50. The van der Waals surface area contributed by atoms with Crippen molar-refractivity contribution >= 4 is 17.5 Å². The van der Waals surface area contributed by atoms with Crippen molar-refractivity contribution in [1.29, 1.82) is 0 Å². The number of amides is 2.